The highest BCUT2D eigenvalue weighted by atomic mass is 79.9. The number of halogens is 1. The molecule has 1 aromatic carbocycles. The van der Waals surface area contributed by atoms with E-state index in [1.54, 1.807) is 6.07 Å². The number of rotatable bonds is 2. The number of phenols is 1. The molecule has 5 atom stereocenters. The van der Waals surface area contributed by atoms with Gasteiger partial charge in [-0.2, -0.15) is 0 Å². The average Bonchev–Trinajstić information content (AvgIpc) is 2.97. The minimum atomic E-state index is -0.700. The summed E-state index contributed by atoms with van der Waals surface area (Å²) in [6.07, 6.45) is 4.50. The van der Waals surface area contributed by atoms with Crippen molar-refractivity contribution in [1.29, 1.82) is 0 Å². The highest BCUT2D eigenvalue weighted by Crippen LogP contribution is 2.63. The number of carbonyl (C=O) groups is 1. The van der Waals surface area contributed by atoms with Gasteiger partial charge in [-0.1, -0.05) is 28.1 Å². The molecular weight excluding hydrogens is 400 g/mol. The largest absolute Gasteiger partial charge is 0.504 e. The van der Waals surface area contributed by atoms with Crippen molar-refractivity contribution in [3.05, 3.63) is 29.3 Å². The highest BCUT2D eigenvalue weighted by Gasteiger charge is 2.64. The van der Waals surface area contributed by atoms with Gasteiger partial charge >= 0.3 is 0 Å². The molecule has 2 aliphatic carbocycles. The number of aromatic hydroxyl groups is 1. The number of anilines is 1. The Kier molecular flexibility index (Phi) is 3.49. The van der Waals surface area contributed by atoms with E-state index in [2.05, 4.69) is 39.3 Å². The number of ether oxygens (including phenoxy) is 1. The Labute approximate surface area is 160 Å². The second-order valence-corrected chi connectivity index (χ2v) is 8.35. The smallest absolute Gasteiger partial charge is 0.235 e. The van der Waals surface area contributed by atoms with E-state index < -0.39 is 12.2 Å². The summed E-state index contributed by atoms with van der Waals surface area (Å²) in [6.45, 7) is 0.916. The van der Waals surface area contributed by atoms with Crippen molar-refractivity contribution in [2.45, 2.75) is 36.5 Å². The third-order valence-electron chi connectivity index (χ3n) is 6.67. The molecule has 5 rings (SSSR count). The minimum Gasteiger partial charge on any atom is -0.504 e. The van der Waals surface area contributed by atoms with Crippen LogP contribution in [0.2, 0.25) is 0 Å². The maximum atomic E-state index is 12.0. The molecule has 26 heavy (non-hydrogen) atoms. The van der Waals surface area contributed by atoms with Crippen molar-refractivity contribution in [1.82, 2.24) is 4.90 Å². The van der Waals surface area contributed by atoms with Gasteiger partial charge < -0.3 is 25.2 Å². The second kappa shape index (κ2) is 5.47. The van der Waals surface area contributed by atoms with E-state index in [4.69, 9.17) is 4.74 Å². The van der Waals surface area contributed by atoms with Crippen LogP contribution in [0.15, 0.2) is 18.2 Å². The number of likely N-dealkylation sites (N-methyl/N-ethyl adjacent to an activating group) is 1. The number of piperidine rings is 1. The van der Waals surface area contributed by atoms with Gasteiger partial charge in [0.2, 0.25) is 5.91 Å². The van der Waals surface area contributed by atoms with Gasteiger partial charge in [0, 0.05) is 34.7 Å². The zero-order valence-electron chi connectivity index (χ0n) is 14.4. The molecule has 1 fully saturated rings. The Bertz CT molecular complexity index is 841. The number of benzene rings is 1. The van der Waals surface area contributed by atoms with Gasteiger partial charge in [-0.3, -0.25) is 4.79 Å². The summed E-state index contributed by atoms with van der Waals surface area (Å²) >= 11 is 3.18. The number of alkyl halides is 1. The van der Waals surface area contributed by atoms with Crippen LogP contribution in [0.1, 0.15) is 17.5 Å². The Balaban J connectivity index is 1.77. The van der Waals surface area contributed by atoms with Crippen LogP contribution >= 0.6 is 15.9 Å². The van der Waals surface area contributed by atoms with Crippen molar-refractivity contribution in [3.63, 3.8) is 0 Å². The summed E-state index contributed by atoms with van der Waals surface area (Å²) in [5.74, 6) is 0.584. The summed E-state index contributed by atoms with van der Waals surface area (Å²) in [4.78, 5) is 14.3. The Morgan fingerprint density at radius 1 is 1.50 bits per heavy atom. The van der Waals surface area contributed by atoms with E-state index in [9.17, 15) is 15.0 Å². The number of likely N-dealkylation sites (tertiary alicyclic amines) is 1. The molecular formula is C19H21BrN2O4. The van der Waals surface area contributed by atoms with Crippen LogP contribution in [0.5, 0.6) is 11.5 Å². The first-order valence-corrected chi connectivity index (χ1v) is 10.1. The van der Waals surface area contributed by atoms with Crippen LogP contribution < -0.4 is 10.1 Å². The van der Waals surface area contributed by atoms with Gasteiger partial charge in [-0.05, 0) is 32.0 Å². The molecule has 0 radical (unpaired) electrons. The third-order valence-corrected chi connectivity index (χ3v) is 7.18. The van der Waals surface area contributed by atoms with Crippen molar-refractivity contribution in [2.75, 3.05) is 24.2 Å². The van der Waals surface area contributed by atoms with Crippen LogP contribution in [0.4, 0.5) is 5.69 Å². The van der Waals surface area contributed by atoms with Crippen LogP contribution in [-0.2, 0) is 16.6 Å². The predicted molar refractivity (Wildman–Crippen MR) is 100 cm³/mol. The molecule has 1 amide bonds. The van der Waals surface area contributed by atoms with Crippen LogP contribution in [0, 0.1) is 5.92 Å². The summed E-state index contributed by atoms with van der Waals surface area (Å²) < 4.78 is 6.15. The number of carbonyl (C=O) groups excluding carboxylic acids is 1. The number of nitrogens with zero attached hydrogens (tertiary/aromatic N) is 1. The number of amides is 1. The average molecular weight is 421 g/mol. The lowest BCUT2D eigenvalue weighted by Crippen LogP contribution is -2.64. The number of nitrogens with one attached hydrogen (secondary N) is 1. The topological polar surface area (TPSA) is 82.0 Å². The maximum Gasteiger partial charge on any atom is 0.235 e. The molecule has 2 aliphatic heterocycles. The van der Waals surface area contributed by atoms with E-state index in [0.717, 1.165) is 30.5 Å². The molecule has 1 aromatic rings. The summed E-state index contributed by atoms with van der Waals surface area (Å²) in [5.41, 5.74) is 2.33. The quantitative estimate of drug-likeness (QED) is 0.499. The van der Waals surface area contributed by atoms with Crippen molar-refractivity contribution >= 4 is 27.5 Å². The van der Waals surface area contributed by atoms with Crippen molar-refractivity contribution in [3.8, 4) is 11.5 Å². The Morgan fingerprint density at radius 2 is 2.31 bits per heavy atom. The molecule has 7 heteroatoms. The summed E-state index contributed by atoms with van der Waals surface area (Å²) in [5, 5.41) is 24.3. The first-order valence-electron chi connectivity index (χ1n) is 8.95. The molecule has 0 saturated carbocycles. The first-order chi connectivity index (χ1) is 12.5. The minimum absolute atomic E-state index is 0.0284. The Morgan fingerprint density at radius 3 is 3.08 bits per heavy atom. The zero-order valence-corrected chi connectivity index (χ0v) is 16.0. The van der Waals surface area contributed by atoms with E-state index in [1.165, 1.54) is 0 Å². The lowest BCUT2D eigenvalue weighted by atomic mass is 9.53. The van der Waals surface area contributed by atoms with Gasteiger partial charge in [0.25, 0.3) is 0 Å². The number of phenolic OH excluding ortho intramolecular Hbond substituents is 1. The summed E-state index contributed by atoms with van der Waals surface area (Å²) in [7, 11) is 2.13. The van der Waals surface area contributed by atoms with Gasteiger partial charge in [0.15, 0.2) is 11.5 Å². The normalized spacial score (nSPS) is 36.4. The molecule has 6 nitrogen and oxygen atoms in total. The van der Waals surface area contributed by atoms with Crippen LogP contribution in [0.25, 0.3) is 0 Å². The number of hydrogen-bond donors (Lipinski definition) is 3. The van der Waals surface area contributed by atoms with E-state index in [1.807, 2.05) is 6.08 Å². The third kappa shape index (κ3) is 1.91. The maximum absolute atomic E-state index is 12.0. The van der Waals surface area contributed by atoms with E-state index in [0.29, 0.717) is 11.4 Å². The van der Waals surface area contributed by atoms with Gasteiger partial charge in [0.1, 0.15) is 12.2 Å². The molecule has 1 spiro atoms. The van der Waals surface area contributed by atoms with Crippen molar-refractivity contribution in [2.24, 2.45) is 5.92 Å². The van der Waals surface area contributed by atoms with Gasteiger partial charge in [0.05, 0.1) is 5.33 Å². The van der Waals surface area contributed by atoms with Gasteiger partial charge in [-0.15, -0.1) is 0 Å². The van der Waals surface area contributed by atoms with E-state index in [-0.39, 0.29) is 34.4 Å². The first kappa shape index (κ1) is 16.6. The molecule has 2 heterocycles. The lowest BCUT2D eigenvalue weighted by Gasteiger charge is -2.56. The van der Waals surface area contributed by atoms with Crippen molar-refractivity contribution < 1.29 is 19.7 Å². The van der Waals surface area contributed by atoms with Gasteiger partial charge in [-0.25, -0.2) is 0 Å². The Hall–Kier alpha value is -1.57. The predicted octanol–water partition coefficient (Wildman–Crippen LogP) is 1.53. The lowest BCUT2D eigenvalue weighted by molar-refractivity contribution is -0.113. The molecule has 2 bridgehead atoms. The van der Waals surface area contributed by atoms with Crippen LogP contribution in [0.3, 0.4) is 0 Å². The zero-order chi connectivity index (χ0) is 18.2. The fourth-order valence-electron chi connectivity index (χ4n) is 5.62. The number of aliphatic hydroxyl groups is 1. The number of hydrogen-bond acceptors (Lipinski definition) is 5. The summed E-state index contributed by atoms with van der Waals surface area (Å²) in [6, 6.07) is 1.86. The fourth-order valence-corrected chi connectivity index (χ4v) is 5.76. The molecule has 1 saturated heterocycles. The monoisotopic (exact) mass is 420 g/mol. The van der Waals surface area contributed by atoms with E-state index >= 15 is 0 Å². The fraction of sp³-hybridized carbons (Fsp3) is 0.526. The molecule has 138 valence electrons. The molecule has 0 unspecified atom stereocenters. The second-order valence-electron chi connectivity index (χ2n) is 7.79. The van der Waals surface area contributed by atoms with Crippen LogP contribution in [-0.4, -0.2) is 58.2 Å². The highest BCUT2D eigenvalue weighted by molar-refractivity contribution is 9.09. The number of aliphatic hydroxyl groups excluding tert-OH is 1. The standard InChI is InChI=1S/C19H21BrN2O4/c1-22-5-4-19-10-2-3-13(23)18(19)26-17-14(24)7-11(21-15(25)8-20)9(16(17)19)6-12(10)22/h2-3,7,10,12-13,18,23-24H,4-6,8H2,1H3,(H,21,25)/t10-,12+,13-,18-,19-/m0/s1. The molecule has 0 aromatic heterocycles. The molecule has 3 N–H and O–H groups in total. The SMILES string of the molecule is CN1CC[C@]23c4c5c(NC(=O)CBr)cc(O)c4O[C@H]2[C@@H](O)C=C[C@H]3[C@H]1C5. The molecule has 4 aliphatic rings.